The van der Waals surface area contributed by atoms with E-state index in [0.29, 0.717) is 23.8 Å². The fourth-order valence-corrected chi connectivity index (χ4v) is 3.48. The summed E-state index contributed by atoms with van der Waals surface area (Å²) in [5.41, 5.74) is 1.76. The molecule has 1 heterocycles. The molecule has 0 radical (unpaired) electrons. The molecule has 25 heavy (non-hydrogen) atoms. The van der Waals surface area contributed by atoms with Crippen molar-refractivity contribution in [1.29, 1.82) is 0 Å². The van der Waals surface area contributed by atoms with Crippen LogP contribution in [0, 0.1) is 6.57 Å². The molecule has 128 valence electrons. The maximum Gasteiger partial charge on any atom is 0.248 e. The normalized spacial score (nSPS) is 16.6. The zero-order chi connectivity index (χ0) is 18.0. The minimum absolute atomic E-state index is 0.0907. The van der Waals surface area contributed by atoms with E-state index in [1.165, 1.54) is 0 Å². The van der Waals surface area contributed by atoms with Crippen LogP contribution in [0.5, 0.6) is 0 Å². The number of benzene rings is 2. The summed E-state index contributed by atoms with van der Waals surface area (Å²) < 4.78 is 0. The highest BCUT2D eigenvalue weighted by Gasteiger charge is 2.41. The van der Waals surface area contributed by atoms with Gasteiger partial charge in [-0.2, -0.15) is 0 Å². The largest absolute Gasteiger partial charge is 0.356 e. The van der Waals surface area contributed by atoms with Gasteiger partial charge in [-0.25, -0.2) is 4.85 Å². The molecule has 3 rings (SSSR count). The fraction of sp³-hybridized carbons (Fsp3) is 0.300. The molecule has 1 aliphatic rings. The molecular formula is C20H20ClN3O. The first-order valence-corrected chi connectivity index (χ1v) is 8.59. The Morgan fingerprint density at radius 1 is 1.16 bits per heavy atom. The van der Waals surface area contributed by atoms with E-state index in [9.17, 15) is 4.79 Å². The highest BCUT2D eigenvalue weighted by atomic mass is 35.5. The van der Waals surface area contributed by atoms with Crippen LogP contribution in [-0.2, 0) is 11.3 Å². The van der Waals surface area contributed by atoms with Gasteiger partial charge in [0.15, 0.2) is 0 Å². The van der Waals surface area contributed by atoms with Crippen molar-refractivity contribution in [3.8, 4) is 0 Å². The third-order valence-corrected chi connectivity index (χ3v) is 4.96. The molecule has 1 aliphatic heterocycles. The fourth-order valence-electron chi connectivity index (χ4n) is 3.27. The van der Waals surface area contributed by atoms with E-state index in [4.69, 9.17) is 18.2 Å². The number of hydrogen-bond donors (Lipinski definition) is 0. The second-order valence-corrected chi connectivity index (χ2v) is 7.08. The Kier molecular flexibility index (Phi) is 4.69. The lowest BCUT2D eigenvalue weighted by Crippen LogP contribution is -2.63. The summed E-state index contributed by atoms with van der Waals surface area (Å²) in [6, 6.07) is 15.4. The molecule has 1 amide bonds. The van der Waals surface area contributed by atoms with Gasteiger partial charge in [0, 0.05) is 30.3 Å². The Morgan fingerprint density at radius 2 is 1.88 bits per heavy atom. The quantitative estimate of drug-likeness (QED) is 0.759. The standard InChI is InChI=1S/C20H20ClN3O/c1-20(2)19(25)23(14-15-7-5-4-6-8-15)11-12-24(20)16-9-10-18(22-3)17(21)13-16/h4-10,13H,11-12,14H2,1-2H3. The molecule has 0 bridgehead atoms. The number of rotatable bonds is 3. The first-order valence-electron chi connectivity index (χ1n) is 8.21. The monoisotopic (exact) mass is 353 g/mol. The lowest BCUT2D eigenvalue weighted by molar-refractivity contribution is -0.138. The summed E-state index contributed by atoms with van der Waals surface area (Å²) >= 11 is 6.18. The second kappa shape index (κ2) is 6.78. The van der Waals surface area contributed by atoms with E-state index in [-0.39, 0.29) is 5.91 Å². The lowest BCUT2D eigenvalue weighted by atomic mass is 9.96. The van der Waals surface area contributed by atoms with Gasteiger partial charge in [0.1, 0.15) is 5.54 Å². The first-order chi connectivity index (χ1) is 11.9. The minimum Gasteiger partial charge on any atom is -0.356 e. The van der Waals surface area contributed by atoms with E-state index < -0.39 is 5.54 Å². The van der Waals surface area contributed by atoms with Gasteiger partial charge in [-0.15, -0.1) is 0 Å². The average Bonchev–Trinajstić information content (AvgIpc) is 2.60. The lowest BCUT2D eigenvalue weighted by Gasteiger charge is -2.47. The SMILES string of the molecule is [C-]#[N+]c1ccc(N2CCN(Cc3ccccc3)C(=O)C2(C)C)cc1Cl. The summed E-state index contributed by atoms with van der Waals surface area (Å²) in [6.45, 7) is 13.0. The molecule has 4 nitrogen and oxygen atoms in total. The minimum atomic E-state index is -0.671. The summed E-state index contributed by atoms with van der Waals surface area (Å²) in [7, 11) is 0. The molecule has 0 spiro atoms. The predicted molar refractivity (Wildman–Crippen MR) is 101 cm³/mol. The van der Waals surface area contributed by atoms with Gasteiger partial charge in [0.2, 0.25) is 11.6 Å². The van der Waals surface area contributed by atoms with Crippen LogP contribution in [0.3, 0.4) is 0 Å². The number of carbonyl (C=O) groups is 1. The van der Waals surface area contributed by atoms with Gasteiger partial charge in [0.05, 0.1) is 6.57 Å². The number of nitrogens with zero attached hydrogens (tertiary/aromatic N) is 3. The van der Waals surface area contributed by atoms with Crippen molar-refractivity contribution in [3.05, 3.63) is 70.5 Å². The van der Waals surface area contributed by atoms with Crippen LogP contribution in [0.4, 0.5) is 11.4 Å². The maximum atomic E-state index is 13.0. The van der Waals surface area contributed by atoms with Crippen molar-refractivity contribution in [2.75, 3.05) is 18.0 Å². The van der Waals surface area contributed by atoms with Crippen LogP contribution in [0.25, 0.3) is 4.85 Å². The van der Waals surface area contributed by atoms with Crippen molar-refractivity contribution in [1.82, 2.24) is 4.90 Å². The summed E-state index contributed by atoms with van der Waals surface area (Å²) in [4.78, 5) is 20.4. The molecule has 0 aromatic heterocycles. The molecule has 1 fully saturated rings. The number of hydrogen-bond acceptors (Lipinski definition) is 2. The molecule has 5 heteroatoms. The van der Waals surface area contributed by atoms with Gasteiger partial charge in [-0.3, -0.25) is 4.79 Å². The Balaban J connectivity index is 1.83. The summed E-state index contributed by atoms with van der Waals surface area (Å²) in [5.74, 6) is 0.0907. The first kappa shape index (κ1) is 17.3. The van der Waals surface area contributed by atoms with E-state index >= 15 is 0 Å². The van der Waals surface area contributed by atoms with Gasteiger partial charge in [0.25, 0.3) is 0 Å². The maximum absolute atomic E-state index is 13.0. The third-order valence-electron chi connectivity index (χ3n) is 4.66. The van der Waals surface area contributed by atoms with Crippen LogP contribution < -0.4 is 4.90 Å². The zero-order valence-corrected chi connectivity index (χ0v) is 15.1. The van der Waals surface area contributed by atoms with Crippen LogP contribution in [0.1, 0.15) is 19.4 Å². The van der Waals surface area contributed by atoms with E-state index in [1.807, 2.05) is 55.1 Å². The van der Waals surface area contributed by atoms with Gasteiger partial charge < -0.3 is 9.80 Å². The van der Waals surface area contributed by atoms with E-state index in [2.05, 4.69) is 9.74 Å². The van der Waals surface area contributed by atoms with Crippen molar-refractivity contribution in [2.24, 2.45) is 0 Å². The number of halogens is 1. The van der Waals surface area contributed by atoms with Crippen LogP contribution in [0.15, 0.2) is 48.5 Å². The molecule has 0 atom stereocenters. The number of anilines is 1. The highest BCUT2D eigenvalue weighted by molar-refractivity contribution is 6.33. The number of carbonyl (C=O) groups excluding carboxylic acids is 1. The Bertz CT molecular complexity index is 827. The van der Waals surface area contributed by atoms with Crippen LogP contribution in [-0.4, -0.2) is 29.4 Å². The number of amides is 1. The smallest absolute Gasteiger partial charge is 0.248 e. The molecular weight excluding hydrogens is 334 g/mol. The third kappa shape index (κ3) is 3.33. The molecule has 2 aromatic rings. The van der Waals surface area contributed by atoms with Crippen molar-refractivity contribution < 1.29 is 4.79 Å². The molecule has 2 aromatic carbocycles. The Hall–Kier alpha value is -2.51. The van der Waals surface area contributed by atoms with Gasteiger partial charge >= 0.3 is 0 Å². The summed E-state index contributed by atoms with van der Waals surface area (Å²) in [5, 5.41) is 0.419. The molecule has 0 N–H and O–H groups in total. The van der Waals surface area contributed by atoms with Crippen molar-refractivity contribution >= 4 is 28.9 Å². The molecule has 0 unspecified atom stereocenters. The van der Waals surface area contributed by atoms with Gasteiger partial charge in [-0.05, 0) is 31.5 Å². The van der Waals surface area contributed by atoms with Crippen molar-refractivity contribution in [3.63, 3.8) is 0 Å². The Morgan fingerprint density at radius 3 is 2.52 bits per heavy atom. The molecule has 0 saturated carbocycles. The van der Waals surface area contributed by atoms with Gasteiger partial charge in [-0.1, -0.05) is 48.0 Å². The topological polar surface area (TPSA) is 27.9 Å². The van der Waals surface area contributed by atoms with E-state index in [0.717, 1.165) is 17.8 Å². The predicted octanol–water partition coefficient (Wildman–Crippen LogP) is 4.52. The zero-order valence-electron chi connectivity index (χ0n) is 14.4. The van der Waals surface area contributed by atoms with E-state index in [1.54, 1.807) is 12.1 Å². The highest BCUT2D eigenvalue weighted by Crippen LogP contribution is 2.34. The van der Waals surface area contributed by atoms with Crippen LogP contribution >= 0.6 is 11.6 Å². The Labute approximate surface area is 153 Å². The number of piperazine rings is 1. The summed E-state index contributed by atoms with van der Waals surface area (Å²) in [6.07, 6.45) is 0. The van der Waals surface area contributed by atoms with Crippen molar-refractivity contribution in [2.45, 2.75) is 25.9 Å². The van der Waals surface area contributed by atoms with Crippen LogP contribution in [0.2, 0.25) is 5.02 Å². The molecule has 1 saturated heterocycles. The average molecular weight is 354 g/mol. The molecule has 0 aliphatic carbocycles. The second-order valence-electron chi connectivity index (χ2n) is 6.67.